The summed E-state index contributed by atoms with van der Waals surface area (Å²) in [7, 11) is 3.54. The fourth-order valence-electron chi connectivity index (χ4n) is 1.55. The van der Waals surface area contributed by atoms with Crippen molar-refractivity contribution in [3.05, 3.63) is 59.7 Å². The Balaban J connectivity index is -0.000000101. The molecule has 2 aromatic carbocycles. The molecule has 10 nitrogen and oxygen atoms in total. The largest absolute Gasteiger partial charge is 2.00 e. The Kier molecular flexibility index (Phi) is 23.8. The monoisotopic (exact) mass is 434 g/mol. The summed E-state index contributed by atoms with van der Waals surface area (Å²) in [6, 6.07) is 12.7. The van der Waals surface area contributed by atoms with Crippen LogP contribution in [0.25, 0.3) is 0 Å². The minimum atomic E-state index is -1.15. The molecule has 0 bridgehead atoms. The van der Waals surface area contributed by atoms with E-state index >= 15 is 0 Å². The van der Waals surface area contributed by atoms with Gasteiger partial charge in [-0.2, -0.15) is 0 Å². The average Bonchev–Trinajstić information content (AvgIpc) is 2.55. The second-order valence-electron chi connectivity index (χ2n) is 4.23. The fourth-order valence-corrected chi connectivity index (χ4v) is 1.55. The summed E-state index contributed by atoms with van der Waals surface area (Å²) < 4.78 is 0. The Hall–Kier alpha value is -2.69. The summed E-state index contributed by atoms with van der Waals surface area (Å²) in [6.45, 7) is 0. The summed E-state index contributed by atoms with van der Waals surface area (Å²) in [5.41, 5.74) is 2.16. The van der Waals surface area contributed by atoms with Crippen molar-refractivity contribution < 1.29 is 58.2 Å². The van der Waals surface area contributed by atoms with Crippen LogP contribution in [0.2, 0.25) is 0 Å². The molecule has 0 fully saturated rings. The predicted octanol–water partition coefficient (Wildman–Crippen LogP) is -3.51. The van der Waals surface area contributed by atoms with Crippen LogP contribution in [0.4, 0.5) is 11.4 Å². The number of benzene rings is 2. The smallest absolute Gasteiger partial charge is 0.545 e. The molecule has 0 saturated heterocycles. The standard InChI is InChI=1S/2C8H9NO2.Ni.4H2O/c2*1-9-7-4-2-6(3-5-7)8(10)11;;;;;/h2*2-5,9H,1H3,(H,10,11);;4*1H2/q;;+2;;;;/p+2. The molecule has 0 saturated carbocycles. The molecule has 0 radical (unpaired) electrons. The third-order valence-electron chi connectivity index (χ3n) is 2.82. The average molecular weight is 435 g/mol. The molecular weight excluding hydrogens is 407 g/mol. The van der Waals surface area contributed by atoms with Crippen LogP contribution in [0.1, 0.15) is 20.7 Å². The van der Waals surface area contributed by atoms with Gasteiger partial charge in [-0.3, -0.25) is 0 Å². The molecule has 0 unspecified atom stereocenters. The molecule has 2 aromatic rings. The number of carbonyl (C=O) groups is 2. The summed E-state index contributed by atoms with van der Waals surface area (Å²) in [4.78, 5) is 20.5. The van der Waals surface area contributed by atoms with E-state index in [0.29, 0.717) is 0 Å². The number of hydrogen-bond acceptors (Lipinski definition) is 6. The van der Waals surface area contributed by atoms with E-state index in [0.717, 1.165) is 11.4 Å². The van der Waals surface area contributed by atoms with Crippen molar-refractivity contribution in [3.63, 3.8) is 0 Å². The van der Waals surface area contributed by atoms with Gasteiger partial charge >= 0.3 is 16.5 Å². The van der Waals surface area contributed by atoms with Gasteiger partial charge < -0.3 is 52.3 Å². The Morgan fingerprint density at radius 2 is 0.852 bits per heavy atom. The molecule has 0 aromatic heterocycles. The van der Waals surface area contributed by atoms with Crippen molar-refractivity contribution >= 4 is 23.3 Å². The molecule has 11 heteroatoms. The van der Waals surface area contributed by atoms with Crippen LogP contribution in [0.15, 0.2) is 48.5 Å². The summed E-state index contributed by atoms with van der Waals surface area (Å²) >= 11 is 0. The Labute approximate surface area is 166 Å². The van der Waals surface area contributed by atoms with Gasteiger partial charge in [0.05, 0.1) is 11.9 Å². The van der Waals surface area contributed by atoms with Gasteiger partial charge in [0.15, 0.2) is 0 Å². The van der Waals surface area contributed by atoms with Crippen LogP contribution >= 0.6 is 0 Å². The van der Waals surface area contributed by atoms with Crippen LogP contribution in [-0.2, 0) is 38.4 Å². The van der Waals surface area contributed by atoms with E-state index in [2.05, 4.69) is 10.6 Å². The SMILES string of the molecule is CNc1ccc(C(=O)[O-])cc1.CNc1ccc(C(=O)[O-])cc1.[Ni+2].[OH3+].[OH3+].[OH3+].[OH3+]. The van der Waals surface area contributed by atoms with E-state index < -0.39 is 11.9 Å². The van der Waals surface area contributed by atoms with Gasteiger partial charge in [0, 0.05) is 25.5 Å². The van der Waals surface area contributed by atoms with E-state index in [4.69, 9.17) is 0 Å². The molecule has 0 amide bonds. The maximum Gasteiger partial charge on any atom is 2.00 e. The van der Waals surface area contributed by atoms with E-state index in [1.807, 2.05) is 0 Å². The van der Waals surface area contributed by atoms with Crippen LogP contribution in [0, 0.1) is 0 Å². The minimum Gasteiger partial charge on any atom is -0.545 e. The second kappa shape index (κ2) is 18.1. The molecule has 0 aliphatic carbocycles. The van der Waals surface area contributed by atoms with Gasteiger partial charge in [-0.25, -0.2) is 0 Å². The number of rotatable bonds is 4. The fraction of sp³-hybridized carbons (Fsp3) is 0.125. The topological polar surface area (TPSA) is 236 Å². The molecular formula is C16H28N2NiO8+4. The number of hydrogen-bond donors (Lipinski definition) is 2. The van der Waals surface area contributed by atoms with Crippen LogP contribution in [-0.4, -0.2) is 26.0 Å². The number of nitrogens with one attached hydrogen (secondary N) is 2. The van der Waals surface area contributed by atoms with Crippen LogP contribution < -0.4 is 20.8 Å². The van der Waals surface area contributed by atoms with Crippen molar-refractivity contribution in [3.8, 4) is 0 Å². The summed E-state index contributed by atoms with van der Waals surface area (Å²) in [6.07, 6.45) is 0. The van der Waals surface area contributed by atoms with Crippen molar-refractivity contribution in [1.82, 2.24) is 0 Å². The molecule has 0 atom stereocenters. The van der Waals surface area contributed by atoms with Gasteiger partial charge in [0.25, 0.3) is 0 Å². The molecule has 0 spiro atoms. The van der Waals surface area contributed by atoms with Crippen molar-refractivity contribution in [2.75, 3.05) is 24.7 Å². The van der Waals surface area contributed by atoms with Gasteiger partial charge in [0.1, 0.15) is 0 Å². The maximum atomic E-state index is 10.3. The Morgan fingerprint density at radius 1 is 0.630 bits per heavy atom. The molecule has 0 heterocycles. The van der Waals surface area contributed by atoms with E-state index in [9.17, 15) is 19.8 Å². The third-order valence-corrected chi connectivity index (χ3v) is 2.82. The maximum absolute atomic E-state index is 10.3. The number of carboxylic acid groups (broad SMARTS) is 2. The number of anilines is 2. The van der Waals surface area contributed by atoms with Crippen LogP contribution in [0.3, 0.4) is 0 Å². The van der Waals surface area contributed by atoms with E-state index in [1.165, 1.54) is 24.3 Å². The zero-order valence-corrected chi connectivity index (χ0v) is 15.9. The summed E-state index contributed by atoms with van der Waals surface area (Å²) in [5.74, 6) is -2.29. The Morgan fingerprint density at radius 3 is 1.00 bits per heavy atom. The van der Waals surface area contributed by atoms with Gasteiger partial charge in [-0.05, 0) is 35.4 Å². The van der Waals surface area contributed by atoms with Gasteiger partial charge in [0.2, 0.25) is 0 Å². The Bertz CT molecular complexity index is 578. The third kappa shape index (κ3) is 12.3. The quantitative estimate of drug-likeness (QED) is 0.364. The molecule has 14 N–H and O–H groups in total. The molecule has 27 heavy (non-hydrogen) atoms. The first kappa shape index (κ1) is 35.4. The first-order valence-electron chi connectivity index (χ1n) is 6.46. The predicted molar refractivity (Wildman–Crippen MR) is 100 cm³/mol. The molecule has 156 valence electrons. The first-order valence-corrected chi connectivity index (χ1v) is 6.46. The van der Waals surface area contributed by atoms with Gasteiger partial charge in [-0.15, -0.1) is 0 Å². The normalized spacial score (nSPS) is 7.48. The second-order valence-corrected chi connectivity index (χ2v) is 4.23. The zero-order valence-electron chi connectivity index (χ0n) is 14.9. The van der Waals surface area contributed by atoms with Crippen molar-refractivity contribution in [2.45, 2.75) is 0 Å². The minimum absolute atomic E-state index is 0. The van der Waals surface area contributed by atoms with E-state index in [1.54, 1.807) is 38.4 Å². The number of carbonyl (C=O) groups excluding carboxylic acids is 2. The molecule has 2 rings (SSSR count). The first-order chi connectivity index (χ1) is 10.5. The summed E-state index contributed by atoms with van der Waals surface area (Å²) in [5, 5.41) is 26.3. The van der Waals surface area contributed by atoms with Crippen molar-refractivity contribution in [2.24, 2.45) is 0 Å². The van der Waals surface area contributed by atoms with Crippen molar-refractivity contribution in [1.29, 1.82) is 0 Å². The van der Waals surface area contributed by atoms with Gasteiger partial charge in [-0.1, -0.05) is 24.3 Å². The van der Waals surface area contributed by atoms with Crippen LogP contribution in [0.5, 0.6) is 0 Å². The zero-order chi connectivity index (χ0) is 16.5. The molecule has 0 aliphatic heterocycles. The number of aromatic carboxylic acids is 2. The van der Waals surface area contributed by atoms with E-state index in [-0.39, 0.29) is 49.5 Å². The number of carboxylic acids is 2. The molecule has 0 aliphatic rings.